The van der Waals surface area contributed by atoms with Crippen LogP contribution in [0.15, 0.2) is 37.3 Å². The highest BCUT2D eigenvalue weighted by atomic mass is 79.9. The summed E-state index contributed by atoms with van der Waals surface area (Å²) in [6, 6.07) is 3.68. The van der Waals surface area contributed by atoms with Crippen molar-refractivity contribution in [3.05, 3.63) is 49.9 Å². The number of esters is 1. The molecule has 1 fully saturated rings. The van der Waals surface area contributed by atoms with E-state index in [2.05, 4.69) is 41.9 Å². The molecule has 0 saturated carbocycles. The lowest BCUT2D eigenvalue weighted by molar-refractivity contribution is -0.144. The van der Waals surface area contributed by atoms with Gasteiger partial charge in [0.2, 0.25) is 5.76 Å². The predicted octanol–water partition coefficient (Wildman–Crippen LogP) is 3.54. The Balaban J connectivity index is 1.88. The zero-order chi connectivity index (χ0) is 25.2. The number of nitrogens with zero attached hydrogens (tertiary/aromatic N) is 1. The minimum Gasteiger partial charge on any atom is -0.493 e. The molecule has 34 heavy (non-hydrogen) atoms. The number of amides is 3. The summed E-state index contributed by atoms with van der Waals surface area (Å²) in [5, 5.41) is 11.6. The summed E-state index contributed by atoms with van der Waals surface area (Å²) in [7, 11) is 2.58. The number of carboxylic acids is 1. The van der Waals surface area contributed by atoms with E-state index in [0.29, 0.717) is 14.5 Å². The Labute approximate surface area is 209 Å². The molecule has 0 radical (unpaired) electrons. The molecule has 3 amide bonds. The van der Waals surface area contributed by atoms with E-state index < -0.39 is 30.0 Å². The molecule has 0 aliphatic carbocycles. The summed E-state index contributed by atoms with van der Waals surface area (Å²) in [5.41, 5.74) is 0.419. The number of carboxylic acid groups (broad SMARTS) is 1. The molecule has 1 aliphatic rings. The summed E-state index contributed by atoms with van der Waals surface area (Å²) in [5.74, 6) is -1.96. The van der Waals surface area contributed by atoms with Crippen LogP contribution in [0.25, 0.3) is 6.08 Å². The number of aliphatic carboxylic acids is 1. The van der Waals surface area contributed by atoms with Crippen LogP contribution < -0.4 is 14.8 Å². The molecular weight excluding hydrogens is 584 g/mol. The Bertz CT molecular complexity index is 1210. The standard InChI is InChI=1S/C21H18Br2N2O9/c1-9(19(27)28)33-17-14(31-2)7-10(15(22)16(17)23)6-12-18(26)25(21(30)24-12)8-11-4-5-13(34-11)20(29)32-3/h4-7,9H,8H2,1-3H3,(H,24,30)(H,27,28)/b12-6-/t9-/m0/s1. The van der Waals surface area contributed by atoms with Crippen molar-refractivity contribution in [1.29, 1.82) is 0 Å². The van der Waals surface area contributed by atoms with Crippen LogP contribution in [0, 0.1) is 0 Å². The largest absolute Gasteiger partial charge is 0.493 e. The van der Waals surface area contributed by atoms with Gasteiger partial charge in [-0.05, 0) is 68.6 Å². The quantitative estimate of drug-likeness (QED) is 0.263. The van der Waals surface area contributed by atoms with Crippen molar-refractivity contribution in [1.82, 2.24) is 10.2 Å². The van der Waals surface area contributed by atoms with Crippen LogP contribution in [-0.4, -0.2) is 54.2 Å². The van der Waals surface area contributed by atoms with Gasteiger partial charge >= 0.3 is 18.0 Å². The van der Waals surface area contributed by atoms with Crippen LogP contribution in [0.2, 0.25) is 0 Å². The monoisotopic (exact) mass is 600 g/mol. The molecule has 2 N–H and O–H groups in total. The van der Waals surface area contributed by atoms with Gasteiger partial charge in [-0.15, -0.1) is 0 Å². The van der Waals surface area contributed by atoms with Crippen molar-refractivity contribution >= 4 is 61.8 Å². The predicted molar refractivity (Wildman–Crippen MR) is 123 cm³/mol. The fraction of sp³-hybridized carbons (Fsp3) is 0.238. The van der Waals surface area contributed by atoms with Crippen LogP contribution in [0.3, 0.4) is 0 Å². The zero-order valence-electron chi connectivity index (χ0n) is 18.0. The molecule has 0 spiro atoms. The van der Waals surface area contributed by atoms with Gasteiger partial charge in [0.15, 0.2) is 17.6 Å². The number of imide groups is 1. The molecule has 1 atom stereocenters. The Hall–Kier alpha value is -3.32. The van der Waals surface area contributed by atoms with Crippen molar-refractivity contribution in [2.45, 2.75) is 19.6 Å². The van der Waals surface area contributed by atoms with E-state index in [4.69, 9.17) is 19.0 Å². The first-order chi connectivity index (χ1) is 16.1. The maximum atomic E-state index is 12.9. The Morgan fingerprint density at radius 2 is 1.94 bits per heavy atom. The van der Waals surface area contributed by atoms with Crippen molar-refractivity contribution < 1.29 is 42.9 Å². The van der Waals surface area contributed by atoms with Crippen molar-refractivity contribution in [2.75, 3.05) is 14.2 Å². The highest BCUT2D eigenvalue weighted by molar-refractivity contribution is 9.13. The van der Waals surface area contributed by atoms with E-state index in [1.54, 1.807) is 0 Å². The lowest BCUT2D eigenvalue weighted by Gasteiger charge is -2.17. The number of methoxy groups -OCH3 is 2. The summed E-state index contributed by atoms with van der Waals surface area (Å²) in [6.45, 7) is 1.17. The van der Waals surface area contributed by atoms with Crippen LogP contribution in [0.5, 0.6) is 11.5 Å². The van der Waals surface area contributed by atoms with Crippen LogP contribution in [0.4, 0.5) is 4.79 Å². The molecule has 0 bridgehead atoms. The second kappa shape index (κ2) is 10.3. The third-order valence-electron chi connectivity index (χ3n) is 4.64. The lowest BCUT2D eigenvalue weighted by Crippen LogP contribution is -2.30. The number of nitrogens with one attached hydrogen (secondary N) is 1. The van der Waals surface area contributed by atoms with E-state index in [9.17, 15) is 19.2 Å². The van der Waals surface area contributed by atoms with Crippen molar-refractivity contribution in [3.8, 4) is 11.5 Å². The first-order valence-electron chi connectivity index (χ1n) is 9.54. The number of halogens is 2. The molecule has 0 unspecified atom stereocenters. The second-order valence-electron chi connectivity index (χ2n) is 6.86. The molecule has 1 saturated heterocycles. The van der Waals surface area contributed by atoms with Crippen molar-refractivity contribution in [2.24, 2.45) is 0 Å². The third-order valence-corrected chi connectivity index (χ3v) is 6.79. The molecule has 2 aromatic rings. The van der Waals surface area contributed by atoms with Crippen molar-refractivity contribution in [3.63, 3.8) is 0 Å². The molecule has 1 aromatic carbocycles. The average Bonchev–Trinajstić information content (AvgIpc) is 3.38. The van der Waals surface area contributed by atoms with Gasteiger partial charge in [0.25, 0.3) is 5.91 Å². The molecule has 11 nitrogen and oxygen atoms in total. The lowest BCUT2D eigenvalue weighted by atomic mass is 10.1. The fourth-order valence-electron chi connectivity index (χ4n) is 2.90. The maximum absolute atomic E-state index is 12.9. The number of carbonyl (C=O) groups is 4. The van der Waals surface area contributed by atoms with Gasteiger partial charge in [0.05, 0.1) is 25.2 Å². The van der Waals surface area contributed by atoms with E-state index in [1.165, 1.54) is 45.4 Å². The molecule has 3 rings (SSSR count). The highest BCUT2D eigenvalue weighted by Crippen LogP contribution is 2.44. The Kier molecular flexibility index (Phi) is 7.67. The first-order valence-corrected chi connectivity index (χ1v) is 11.1. The molecule has 180 valence electrons. The summed E-state index contributed by atoms with van der Waals surface area (Å²) in [6.07, 6.45) is 0.274. The molecule has 2 heterocycles. The number of urea groups is 1. The third kappa shape index (κ3) is 5.09. The van der Waals surface area contributed by atoms with E-state index >= 15 is 0 Å². The highest BCUT2D eigenvalue weighted by Gasteiger charge is 2.35. The molecule has 1 aliphatic heterocycles. The second-order valence-corrected chi connectivity index (χ2v) is 8.45. The van der Waals surface area contributed by atoms with E-state index in [-0.39, 0.29) is 35.3 Å². The Morgan fingerprint density at radius 3 is 2.56 bits per heavy atom. The topological polar surface area (TPSA) is 145 Å². The average molecular weight is 602 g/mol. The number of furan rings is 1. The smallest absolute Gasteiger partial charge is 0.373 e. The van der Waals surface area contributed by atoms with Gasteiger partial charge in [0, 0.05) is 4.47 Å². The summed E-state index contributed by atoms with van der Waals surface area (Å²) in [4.78, 5) is 48.9. The summed E-state index contributed by atoms with van der Waals surface area (Å²) < 4.78 is 21.5. The van der Waals surface area contributed by atoms with Gasteiger partial charge in [-0.2, -0.15) is 0 Å². The van der Waals surface area contributed by atoms with Gasteiger partial charge in [-0.1, -0.05) is 0 Å². The summed E-state index contributed by atoms with van der Waals surface area (Å²) >= 11 is 6.73. The number of ether oxygens (including phenoxy) is 3. The van der Waals surface area contributed by atoms with Gasteiger partial charge in [-0.3, -0.25) is 9.69 Å². The van der Waals surface area contributed by atoms with Gasteiger partial charge < -0.3 is 29.1 Å². The maximum Gasteiger partial charge on any atom is 0.373 e. The van der Waals surface area contributed by atoms with Gasteiger partial charge in [0.1, 0.15) is 11.5 Å². The SMILES string of the molecule is COC(=O)c1ccc(CN2C(=O)N/C(=C\c3cc(OC)c(O[C@@H](C)C(=O)O)c(Br)c3Br)C2=O)o1. The minimum absolute atomic E-state index is 0.0213. The van der Waals surface area contributed by atoms with E-state index in [0.717, 1.165) is 4.90 Å². The number of hydrogen-bond acceptors (Lipinski definition) is 8. The van der Waals surface area contributed by atoms with Gasteiger partial charge in [-0.25, -0.2) is 14.4 Å². The molecule has 13 heteroatoms. The van der Waals surface area contributed by atoms with Crippen LogP contribution in [-0.2, 0) is 20.9 Å². The fourth-order valence-corrected chi connectivity index (χ4v) is 3.82. The molecule has 1 aromatic heterocycles. The van der Waals surface area contributed by atoms with Crippen LogP contribution >= 0.6 is 31.9 Å². The molecular formula is C21H18Br2N2O9. The number of carbonyl (C=O) groups excluding carboxylic acids is 3. The van der Waals surface area contributed by atoms with Crippen LogP contribution in [0.1, 0.15) is 28.8 Å². The zero-order valence-corrected chi connectivity index (χ0v) is 21.2. The number of rotatable bonds is 8. The minimum atomic E-state index is -1.16. The first kappa shape index (κ1) is 25.3. The number of benzene rings is 1. The number of hydrogen-bond donors (Lipinski definition) is 2. The van der Waals surface area contributed by atoms with E-state index in [1.807, 2.05) is 0 Å². The Morgan fingerprint density at radius 1 is 1.24 bits per heavy atom. The normalized spacial score (nSPS) is 15.3.